The Bertz CT molecular complexity index is 459. The Kier molecular flexibility index (Phi) is 3.99. The molecule has 0 spiro atoms. The van der Waals surface area contributed by atoms with Gasteiger partial charge in [0.15, 0.2) is 0 Å². The van der Waals surface area contributed by atoms with Gasteiger partial charge in [-0.15, -0.1) is 0 Å². The molecule has 4 nitrogen and oxygen atoms in total. The minimum atomic E-state index is 0.667. The lowest BCUT2D eigenvalue weighted by atomic mass is 10.1. The van der Waals surface area contributed by atoms with Crippen LogP contribution >= 0.6 is 0 Å². The molecule has 2 aliphatic carbocycles. The summed E-state index contributed by atoms with van der Waals surface area (Å²) in [6, 6.07) is 3.80. The maximum Gasteiger partial charge on any atom is 0.0762 e. The van der Waals surface area contributed by atoms with Gasteiger partial charge in [-0.2, -0.15) is 5.10 Å². The Morgan fingerprint density at radius 1 is 1.10 bits per heavy atom. The summed E-state index contributed by atoms with van der Waals surface area (Å²) in [5.74, 6) is 0.850. The van der Waals surface area contributed by atoms with Crippen molar-refractivity contribution in [3.05, 3.63) is 18.0 Å². The van der Waals surface area contributed by atoms with Crippen LogP contribution in [0.4, 0.5) is 0 Å². The largest absolute Gasteiger partial charge is 0.311 e. The molecule has 0 aromatic carbocycles. The number of aromatic nitrogens is 2. The lowest BCUT2D eigenvalue weighted by molar-refractivity contribution is 0.311. The Hall–Kier alpha value is -0.870. The van der Waals surface area contributed by atoms with Crippen molar-refractivity contribution in [3.63, 3.8) is 0 Å². The highest BCUT2D eigenvalue weighted by Crippen LogP contribution is 2.31. The van der Waals surface area contributed by atoms with E-state index in [0.717, 1.165) is 25.0 Å². The van der Waals surface area contributed by atoms with E-state index in [9.17, 15) is 0 Å². The molecule has 1 aromatic rings. The van der Waals surface area contributed by atoms with Crippen LogP contribution in [0.2, 0.25) is 0 Å². The van der Waals surface area contributed by atoms with Gasteiger partial charge in [0.05, 0.1) is 11.7 Å². The number of rotatable bonds is 6. The van der Waals surface area contributed by atoms with Crippen molar-refractivity contribution in [2.75, 3.05) is 19.6 Å². The highest BCUT2D eigenvalue weighted by Gasteiger charge is 2.34. The summed E-state index contributed by atoms with van der Waals surface area (Å²) in [6.07, 6.45) is 11.8. The summed E-state index contributed by atoms with van der Waals surface area (Å²) in [4.78, 5) is 2.70. The van der Waals surface area contributed by atoms with Gasteiger partial charge in [-0.25, -0.2) is 0 Å². The van der Waals surface area contributed by atoms with Crippen LogP contribution in [-0.2, 0) is 6.54 Å². The molecule has 1 N–H and O–H groups in total. The lowest BCUT2D eigenvalue weighted by Crippen LogP contribution is -2.27. The Morgan fingerprint density at radius 2 is 1.95 bits per heavy atom. The molecule has 4 rings (SSSR count). The number of nitrogens with zero attached hydrogens (tertiary/aromatic N) is 3. The molecule has 2 saturated carbocycles. The van der Waals surface area contributed by atoms with E-state index in [4.69, 9.17) is 5.10 Å². The normalized spacial score (nSPS) is 27.7. The van der Waals surface area contributed by atoms with Crippen molar-refractivity contribution in [3.8, 4) is 0 Å². The molecule has 1 unspecified atom stereocenters. The monoisotopic (exact) mass is 288 g/mol. The molecule has 3 fully saturated rings. The van der Waals surface area contributed by atoms with Crippen molar-refractivity contribution in [1.82, 2.24) is 20.0 Å². The van der Waals surface area contributed by atoms with E-state index in [1.54, 1.807) is 0 Å². The van der Waals surface area contributed by atoms with Gasteiger partial charge in [-0.1, -0.05) is 12.8 Å². The Labute approximate surface area is 127 Å². The number of likely N-dealkylation sites (tertiary alicyclic amines) is 1. The van der Waals surface area contributed by atoms with E-state index in [1.165, 1.54) is 63.7 Å². The van der Waals surface area contributed by atoms with Gasteiger partial charge in [0.1, 0.15) is 0 Å². The standard InChI is InChI=1S/C17H28N4/c1-2-4-17(3-1)21-10-8-15(19-21)12-18-11-14-7-9-20(13-14)16-5-6-16/h8,10,14,16-18H,1-7,9,11-13H2. The molecule has 2 heterocycles. The van der Waals surface area contributed by atoms with E-state index in [-0.39, 0.29) is 0 Å². The SMILES string of the molecule is c1cn(C2CCCC2)nc1CNCC1CCN(C2CC2)C1. The Morgan fingerprint density at radius 3 is 2.76 bits per heavy atom. The van der Waals surface area contributed by atoms with Gasteiger partial charge in [0.2, 0.25) is 0 Å². The van der Waals surface area contributed by atoms with Gasteiger partial charge in [-0.3, -0.25) is 4.68 Å². The van der Waals surface area contributed by atoms with E-state index in [2.05, 4.69) is 27.2 Å². The molecular formula is C17H28N4. The topological polar surface area (TPSA) is 33.1 Å². The fourth-order valence-corrected chi connectivity index (χ4v) is 4.05. The summed E-state index contributed by atoms with van der Waals surface area (Å²) in [5.41, 5.74) is 1.21. The summed E-state index contributed by atoms with van der Waals surface area (Å²) in [5, 5.41) is 8.38. The quantitative estimate of drug-likeness (QED) is 0.873. The van der Waals surface area contributed by atoms with Crippen LogP contribution in [0.3, 0.4) is 0 Å². The lowest BCUT2D eigenvalue weighted by Gasteiger charge is -2.15. The third-order valence-electron chi connectivity index (χ3n) is 5.48. The zero-order valence-corrected chi connectivity index (χ0v) is 13.0. The van der Waals surface area contributed by atoms with Crippen LogP contribution in [0, 0.1) is 5.92 Å². The summed E-state index contributed by atoms with van der Waals surface area (Å²) in [6.45, 7) is 4.72. The first-order valence-corrected chi connectivity index (χ1v) is 8.87. The van der Waals surface area contributed by atoms with Crippen LogP contribution < -0.4 is 5.32 Å². The molecule has 1 atom stereocenters. The van der Waals surface area contributed by atoms with Crippen LogP contribution in [0.25, 0.3) is 0 Å². The van der Waals surface area contributed by atoms with Crippen molar-refractivity contribution in [1.29, 1.82) is 0 Å². The molecule has 1 saturated heterocycles. The first kappa shape index (κ1) is 13.8. The summed E-state index contributed by atoms with van der Waals surface area (Å²) < 4.78 is 2.20. The average molecular weight is 288 g/mol. The second-order valence-electron chi connectivity index (χ2n) is 7.24. The molecule has 0 bridgehead atoms. The second-order valence-corrected chi connectivity index (χ2v) is 7.24. The van der Waals surface area contributed by atoms with Crippen LogP contribution in [0.5, 0.6) is 0 Å². The van der Waals surface area contributed by atoms with Gasteiger partial charge in [0.25, 0.3) is 0 Å². The van der Waals surface area contributed by atoms with Gasteiger partial charge >= 0.3 is 0 Å². The van der Waals surface area contributed by atoms with E-state index in [1.807, 2.05) is 0 Å². The maximum absolute atomic E-state index is 4.75. The maximum atomic E-state index is 4.75. The third-order valence-corrected chi connectivity index (χ3v) is 5.48. The van der Waals surface area contributed by atoms with Crippen molar-refractivity contribution < 1.29 is 0 Å². The summed E-state index contributed by atoms with van der Waals surface area (Å²) >= 11 is 0. The fraction of sp³-hybridized carbons (Fsp3) is 0.824. The van der Waals surface area contributed by atoms with Crippen molar-refractivity contribution >= 4 is 0 Å². The molecule has 0 radical (unpaired) electrons. The van der Waals surface area contributed by atoms with E-state index < -0.39 is 0 Å². The highest BCUT2D eigenvalue weighted by molar-refractivity contribution is 5.00. The molecule has 21 heavy (non-hydrogen) atoms. The minimum Gasteiger partial charge on any atom is -0.311 e. The third kappa shape index (κ3) is 3.32. The molecule has 116 valence electrons. The van der Waals surface area contributed by atoms with Crippen molar-refractivity contribution in [2.45, 2.75) is 63.6 Å². The fourth-order valence-electron chi connectivity index (χ4n) is 4.05. The Balaban J connectivity index is 1.20. The number of hydrogen-bond donors (Lipinski definition) is 1. The van der Waals surface area contributed by atoms with Crippen LogP contribution in [0.1, 0.15) is 56.7 Å². The highest BCUT2D eigenvalue weighted by atomic mass is 15.3. The number of hydrogen-bond acceptors (Lipinski definition) is 3. The van der Waals surface area contributed by atoms with E-state index >= 15 is 0 Å². The smallest absolute Gasteiger partial charge is 0.0762 e. The predicted octanol–water partition coefficient (Wildman–Crippen LogP) is 2.57. The molecular weight excluding hydrogens is 260 g/mol. The van der Waals surface area contributed by atoms with Gasteiger partial charge < -0.3 is 10.2 Å². The minimum absolute atomic E-state index is 0.667. The van der Waals surface area contributed by atoms with Gasteiger partial charge in [-0.05, 0) is 57.2 Å². The molecule has 4 heteroatoms. The molecule has 3 aliphatic rings. The first-order chi connectivity index (χ1) is 10.4. The van der Waals surface area contributed by atoms with E-state index in [0.29, 0.717) is 6.04 Å². The summed E-state index contributed by atoms with van der Waals surface area (Å²) in [7, 11) is 0. The average Bonchev–Trinajstić information content (AvgIpc) is 2.96. The number of nitrogens with one attached hydrogen (secondary N) is 1. The first-order valence-electron chi connectivity index (χ1n) is 8.87. The van der Waals surface area contributed by atoms with Crippen LogP contribution in [-0.4, -0.2) is 40.4 Å². The van der Waals surface area contributed by atoms with Gasteiger partial charge in [0, 0.05) is 25.3 Å². The second kappa shape index (κ2) is 6.09. The zero-order valence-electron chi connectivity index (χ0n) is 13.0. The van der Waals surface area contributed by atoms with Crippen molar-refractivity contribution in [2.24, 2.45) is 5.92 Å². The molecule has 1 aromatic heterocycles. The predicted molar refractivity (Wildman–Crippen MR) is 84.1 cm³/mol. The molecule has 1 aliphatic heterocycles. The zero-order chi connectivity index (χ0) is 14.1. The van der Waals surface area contributed by atoms with Crippen LogP contribution in [0.15, 0.2) is 12.3 Å². The molecule has 0 amide bonds.